The Morgan fingerprint density at radius 1 is 1.08 bits per heavy atom. The topological polar surface area (TPSA) is 84.9 Å². The average Bonchev–Trinajstić information content (AvgIpc) is 2.64. The number of benzene rings is 2. The van der Waals surface area contributed by atoms with Crippen molar-refractivity contribution in [3.8, 4) is 5.75 Å². The zero-order chi connectivity index (χ0) is 18.5. The fourth-order valence-corrected chi connectivity index (χ4v) is 2.57. The number of nitrogens with zero attached hydrogens (tertiary/aromatic N) is 1. The van der Waals surface area contributed by atoms with E-state index in [-0.39, 0.29) is 19.1 Å². The van der Waals surface area contributed by atoms with Gasteiger partial charge in [0.2, 0.25) is 5.91 Å². The van der Waals surface area contributed by atoms with Gasteiger partial charge < -0.3 is 14.8 Å². The summed E-state index contributed by atoms with van der Waals surface area (Å²) in [5.41, 5.74) is 2.02. The lowest BCUT2D eigenvalue weighted by atomic mass is 10.2. The highest BCUT2D eigenvalue weighted by atomic mass is 16.6. The van der Waals surface area contributed by atoms with Crippen LogP contribution in [0.4, 0.5) is 11.4 Å². The Balaban J connectivity index is 1.55. The largest absolute Gasteiger partial charge is 0.482 e. The van der Waals surface area contributed by atoms with Gasteiger partial charge >= 0.3 is 5.97 Å². The minimum absolute atomic E-state index is 0.118. The van der Waals surface area contributed by atoms with E-state index in [4.69, 9.17) is 9.47 Å². The molecule has 7 nitrogen and oxygen atoms in total. The molecular formula is C19H18N2O5. The number of amides is 2. The lowest BCUT2D eigenvalue weighted by molar-refractivity contribution is -0.149. The van der Waals surface area contributed by atoms with Gasteiger partial charge in [0.25, 0.3) is 5.91 Å². The second-order valence-electron chi connectivity index (χ2n) is 5.76. The number of nitrogens with one attached hydrogen (secondary N) is 1. The third-order valence-corrected chi connectivity index (χ3v) is 3.87. The summed E-state index contributed by atoms with van der Waals surface area (Å²) in [6.07, 6.45) is 0. The first kappa shape index (κ1) is 17.5. The summed E-state index contributed by atoms with van der Waals surface area (Å²) in [5, 5.41) is 2.69. The molecule has 0 bridgehead atoms. The van der Waals surface area contributed by atoms with Crippen LogP contribution < -0.4 is 15.0 Å². The number of anilines is 2. The fourth-order valence-electron chi connectivity index (χ4n) is 2.57. The lowest BCUT2D eigenvalue weighted by Crippen LogP contribution is -2.44. The van der Waals surface area contributed by atoms with E-state index in [0.29, 0.717) is 17.1 Å². The number of ether oxygens (including phenoxy) is 2. The number of para-hydroxylation sites is 3. The van der Waals surface area contributed by atoms with Crippen molar-refractivity contribution in [1.29, 1.82) is 0 Å². The third kappa shape index (κ3) is 4.00. The van der Waals surface area contributed by atoms with Crippen LogP contribution in [0.1, 0.15) is 5.56 Å². The van der Waals surface area contributed by atoms with E-state index < -0.39 is 18.5 Å². The maximum absolute atomic E-state index is 12.4. The molecular weight excluding hydrogens is 336 g/mol. The van der Waals surface area contributed by atoms with Gasteiger partial charge in [-0.2, -0.15) is 0 Å². The minimum atomic E-state index is -0.656. The fraction of sp³-hybridized carbons (Fsp3) is 0.211. The lowest BCUT2D eigenvalue weighted by Gasteiger charge is -2.28. The third-order valence-electron chi connectivity index (χ3n) is 3.87. The summed E-state index contributed by atoms with van der Waals surface area (Å²) < 4.78 is 10.4. The van der Waals surface area contributed by atoms with Gasteiger partial charge in [-0.1, -0.05) is 30.3 Å². The van der Waals surface area contributed by atoms with Crippen LogP contribution in [0.2, 0.25) is 0 Å². The van der Waals surface area contributed by atoms with Gasteiger partial charge in [-0.25, -0.2) is 4.79 Å². The summed E-state index contributed by atoms with van der Waals surface area (Å²) in [7, 11) is 0. The predicted molar refractivity (Wildman–Crippen MR) is 95.1 cm³/mol. The molecule has 2 aromatic carbocycles. The molecule has 0 atom stereocenters. The van der Waals surface area contributed by atoms with Gasteiger partial charge in [-0.05, 0) is 30.7 Å². The molecule has 0 saturated carbocycles. The normalized spacial score (nSPS) is 12.8. The highest BCUT2D eigenvalue weighted by molar-refractivity contribution is 6.10. The summed E-state index contributed by atoms with van der Waals surface area (Å²) in [4.78, 5) is 37.2. The van der Waals surface area contributed by atoms with Crippen molar-refractivity contribution in [3.05, 3.63) is 54.1 Å². The Labute approximate surface area is 150 Å². The van der Waals surface area contributed by atoms with Crippen LogP contribution in [-0.4, -0.2) is 37.5 Å². The molecule has 1 aliphatic heterocycles. The van der Waals surface area contributed by atoms with Crippen LogP contribution in [0, 0.1) is 6.92 Å². The summed E-state index contributed by atoms with van der Waals surface area (Å²) >= 11 is 0. The van der Waals surface area contributed by atoms with Crippen molar-refractivity contribution in [2.24, 2.45) is 0 Å². The molecule has 26 heavy (non-hydrogen) atoms. The van der Waals surface area contributed by atoms with Gasteiger partial charge in [-0.15, -0.1) is 0 Å². The molecule has 2 amide bonds. The van der Waals surface area contributed by atoms with Crippen LogP contribution in [0.3, 0.4) is 0 Å². The molecule has 0 spiro atoms. The second kappa shape index (κ2) is 7.69. The molecule has 3 rings (SSSR count). The molecule has 134 valence electrons. The Morgan fingerprint density at radius 3 is 2.62 bits per heavy atom. The molecule has 1 heterocycles. The Morgan fingerprint density at radius 2 is 1.81 bits per heavy atom. The Bertz CT molecular complexity index is 849. The minimum Gasteiger partial charge on any atom is -0.482 e. The van der Waals surface area contributed by atoms with Crippen molar-refractivity contribution in [3.63, 3.8) is 0 Å². The smallest absolute Gasteiger partial charge is 0.344 e. The molecule has 0 radical (unpaired) electrons. The van der Waals surface area contributed by atoms with Crippen molar-refractivity contribution >= 4 is 29.2 Å². The van der Waals surface area contributed by atoms with Crippen molar-refractivity contribution < 1.29 is 23.9 Å². The highest BCUT2D eigenvalue weighted by Crippen LogP contribution is 2.28. The van der Waals surface area contributed by atoms with Gasteiger partial charge in [0.15, 0.2) is 13.2 Å². The van der Waals surface area contributed by atoms with Crippen LogP contribution in [0.25, 0.3) is 0 Å². The molecule has 2 aromatic rings. The number of carbonyl (C=O) groups is 3. The van der Waals surface area contributed by atoms with Crippen LogP contribution in [0.15, 0.2) is 48.5 Å². The van der Waals surface area contributed by atoms with E-state index in [1.165, 1.54) is 4.90 Å². The van der Waals surface area contributed by atoms with Gasteiger partial charge in [-0.3, -0.25) is 14.5 Å². The number of rotatable bonds is 5. The first-order valence-electron chi connectivity index (χ1n) is 8.08. The standard InChI is InChI=1S/C19H18N2O5/c1-13-6-2-5-9-16(13)25-12-19(24)26-11-18(23)21-10-17(22)20-14-7-3-4-8-15(14)21/h2-9H,10-12H2,1H3,(H,20,22). The predicted octanol–water partition coefficient (Wildman–Crippen LogP) is 1.90. The molecule has 0 unspecified atom stereocenters. The molecule has 7 heteroatoms. The monoisotopic (exact) mass is 354 g/mol. The van der Waals surface area contributed by atoms with Crippen LogP contribution in [-0.2, 0) is 19.1 Å². The first-order chi connectivity index (χ1) is 12.5. The average molecular weight is 354 g/mol. The summed E-state index contributed by atoms with van der Waals surface area (Å²) in [5.74, 6) is -0.850. The maximum Gasteiger partial charge on any atom is 0.344 e. The first-order valence-corrected chi connectivity index (χ1v) is 8.08. The SMILES string of the molecule is Cc1ccccc1OCC(=O)OCC(=O)N1CC(=O)Nc2ccccc21. The number of esters is 1. The zero-order valence-electron chi connectivity index (χ0n) is 14.2. The molecule has 0 aromatic heterocycles. The van der Waals surface area contributed by atoms with E-state index in [0.717, 1.165) is 5.56 Å². The molecule has 0 aliphatic carbocycles. The van der Waals surface area contributed by atoms with Crippen molar-refractivity contribution in [2.45, 2.75) is 6.92 Å². The molecule has 1 aliphatic rings. The summed E-state index contributed by atoms with van der Waals surface area (Å²) in [6, 6.07) is 14.2. The molecule has 0 fully saturated rings. The quantitative estimate of drug-likeness (QED) is 0.829. The van der Waals surface area contributed by atoms with E-state index in [2.05, 4.69) is 5.32 Å². The van der Waals surface area contributed by atoms with E-state index in [1.54, 1.807) is 36.4 Å². The Kier molecular flexibility index (Phi) is 5.17. The molecule has 0 saturated heterocycles. The van der Waals surface area contributed by atoms with Crippen molar-refractivity contribution in [2.75, 3.05) is 30.0 Å². The van der Waals surface area contributed by atoms with Gasteiger partial charge in [0.1, 0.15) is 12.3 Å². The maximum atomic E-state index is 12.4. The number of fused-ring (bicyclic) bond motifs is 1. The van der Waals surface area contributed by atoms with Gasteiger partial charge in [0, 0.05) is 0 Å². The molecule has 1 N–H and O–H groups in total. The number of aryl methyl sites for hydroxylation is 1. The number of hydrogen-bond acceptors (Lipinski definition) is 5. The number of carbonyl (C=O) groups excluding carboxylic acids is 3. The zero-order valence-corrected chi connectivity index (χ0v) is 14.2. The van der Waals surface area contributed by atoms with Crippen molar-refractivity contribution in [1.82, 2.24) is 0 Å². The van der Waals surface area contributed by atoms with E-state index >= 15 is 0 Å². The Hall–Kier alpha value is -3.35. The van der Waals surface area contributed by atoms with Gasteiger partial charge in [0.05, 0.1) is 11.4 Å². The van der Waals surface area contributed by atoms with Crippen LogP contribution in [0.5, 0.6) is 5.75 Å². The van der Waals surface area contributed by atoms with E-state index in [9.17, 15) is 14.4 Å². The second-order valence-corrected chi connectivity index (χ2v) is 5.76. The highest BCUT2D eigenvalue weighted by Gasteiger charge is 2.27. The number of hydrogen-bond donors (Lipinski definition) is 1. The van der Waals surface area contributed by atoms with Crippen LogP contribution >= 0.6 is 0 Å². The summed E-state index contributed by atoms with van der Waals surface area (Å²) in [6.45, 7) is 0.989. The van der Waals surface area contributed by atoms with E-state index in [1.807, 2.05) is 19.1 Å².